The van der Waals surface area contributed by atoms with Gasteiger partial charge >= 0.3 is 0 Å². The molecule has 0 atom stereocenters. The molecule has 0 saturated carbocycles. The second kappa shape index (κ2) is 12.5. The second-order valence-electron chi connectivity index (χ2n) is 6.02. The predicted molar refractivity (Wildman–Crippen MR) is 92.1 cm³/mol. The molecule has 0 bridgehead atoms. The number of hydrogen-bond acceptors (Lipinski definition) is 3. The Morgan fingerprint density at radius 1 is 1.09 bits per heavy atom. The van der Waals surface area contributed by atoms with Gasteiger partial charge in [-0.2, -0.15) is 0 Å². The summed E-state index contributed by atoms with van der Waals surface area (Å²) in [5.41, 5.74) is 2.89. The predicted octanol–water partition coefficient (Wildman–Crippen LogP) is 2.85. The van der Waals surface area contributed by atoms with Crippen molar-refractivity contribution < 1.29 is 22.8 Å². The molecule has 1 aromatic rings. The lowest BCUT2D eigenvalue weighted by Gasteiger charge is -2.06. The summed E-state index contributed by atoms with van der Waals surface area (Å²) in [6.45, 7) is 9.17. The van der Waals surface area contributed by atoms with Crippen LogP contribution in [0.15, 0.2) is 24.3 Å². The third kappa shape index (κ3) is 15.7. The van der Waals surface area contributed by atoms with Gasteiger partial charge in [0.05, 0.1) is 6.54 Å². The van der Waals surface area contributed by atoms with E-state index < -0.39 is 10.4 Å². The van der Waals surface area contributed by atoms with Crippen molar-refractivity contribution in [3.8, 4) is 0 Å². The minimum absolute atomic E-state index is 0.640. The number of nitrogens with two attached hydrogens (primary N) is 1. The van der Waals surface area contributed by atoms with Crippen LogP contribution in [0.5, 0.6) is 0 Å². The average Bonchev–Trinajstić information content (AvgIpc) is 2.45. The highest BCUT2D eigenvalue weighted by Crippen LogP contribution is 2.14. The lowest BCUT2D eigenvalue weighted by atomic mass is 10.0. The van der Waals surface area contributed by atoms with Gasteiger partial charge in [-0.05, 0) is 24.3 Å². The first kappa shape index (κ1) is 22.1. The summed E-state index contributed by atoms with van der Waals surface area (Å²) >= 11 is 0. The molecule has 6 heteroatoms. The molecule has 1 rings (SSSR count). The van der Waals surface area contributed by atoms with E-state index in [4.69, 9.17) is 17.5 Å². The molecule has 0 aromatic heterocycles. The van der Waals surface area contributed by atoms with Crippen molar-refractivity contribution in [3.63, 3.8) is 0 Å². The van der Waals surface area contributed by atoms with Gasteiger partial charge in [0.15, 0.2) is 0 Å². The van der Waals surface area contributed by atoms with Crippen LogP contribution in [0.1, 0.15) is 69.9 Å². The molecule has 3 N–H and O–H groups in total. The summed E-state index contributed by atoms with van der Waals surface area (Å²) in [6, 6.07) is 9.11. The summed E-state index contributed by atoms with van der Waals surface area (Å²) in [5.74, 6) is 0.640. The zero-order valence-corrected chi connectivity index (χ0v) is 15.3. The maximum absolute atomic E-state index is 8.63. The quantitative estimate of drug-likeness (QED) is 0.409. The van der Waals surface area contributed by atoms with Crippen molar-refractivity contribution in [2.24, 2.45) is 0 Å². The molecule has 0 unspecified atom stereocenters. The van der Waals surface area contributed by atoms with E-state index in [2.05, 4.69) is 50.4 Å². The van der Waals surface area contributed by atoms with Gasteiger partial charge in [-0.15, -0.1) is 0 Å². The minimum Gasteiger partial charge on any atom is -0.726 e. The van der Waals surface area contributed by atoms with Crippen LogP contribution < -0.4 is 5.32 Å². The number of quaternary nitrogens is 1. The van der Waals surface area contributed by atoms with Gasteiger partial charge in [0.2, 0.25) is 10.4 Å². The van der Waals surface area contributed by atoms with Crippen LogP contribution in [0.3, 0.4) is 0 Å². The van der Waals surface area contributed by atoms with Crippen LogP contribution >= 0.6 is 0 Å². The molecule has 0 radical (unpaired) electrons. The Morgan fingerprint density at radius 2 is 1.61 bits per heavy atom. The first-order valence-corrected chi connectivity index (χ1v) is 9.69. The Hall–Kier alpha value is -0.950. The van der Waals surface area contributed by atoms with Gasteiger partial charge in [0, 0.05) is 5.56 Å². The highest BCUT2D eigenvalue weighted by atomic mass is 32.3. The molecule has 0 spiro atoms. The molecular weight excluding hydrogens is 314 g/mol. The zero-order valence-electron chi connectivity index (χ0n) is 14.5. The van der Waals surface area contributed by atoms with Gasteiger partial charge in [-0.25, -0.2) is 8.42 Å². The van der Waals surface area contributed by atoms with Crippen LogP contribution in [0, 0.1) is 0 Å². The standard InChI is InChI=1S/C17H29N.H2O4S/c1-4-5-6-7-8-13-18-14-16-9-11-17(12-10-16)15(2)3;1-5(2,3)4/h9-12,15,18H,4-8,13-14H2,1-3H3;(H2,1,2,3,4). The first-order chi connectivity index (χ1) is 10.7. The van der Waals surface area contributed by atoms with Gasteiger partial charge in [-0.3, -0.25) is 4.55 Å². The van der Waals surface area contributed by atoms with Gasteiger partial charge in [-0.1, -0.05) is 64.3 Å². The van der Waals surface area contributed by atoms with Crippen molar-refractivity contribution in [2.45, 2.75) is 65.3 Å². The minimum atomic E-state index is -4.92. The molecule has 5 nitrogen and oxygen atoms in total. The smallest absolute Gasteiger partial charge is 0.215 e. The van der Waals surface area contributed by atoms with Crippen molar-refractivity contribution in [1.82, 2.24) is 0 Å². The summed E-state index contributed by atoms with van der Waals surface area (Å²) in [4.78, 5) is 0. The van der Waals surface area contributed by atoms with E-state index in [-0.39, 0.29) is 0 Å². The van der Waals surface area contributed by atoms with Crippen LogP contribution in [-0.4, -0.2) is 24.1 Å². The third-order valence-corrected chi connectivity index (χ3v) is 3.54. The summed E-state index contributed by atoms with van der Waals surface area (Å²) < 4.78 is 32.8. The van der Waals surface area contributed by atoms with E-state index in [1.165, 1.54) is 49.8 Å². The fourth-order valence-corrected chi connectivity index (χ4v) is 2.20. The zero-order chi connectivity index (χ0) is 17.7. The monoisotopic (exact) mass is 345 g/mol. The Labute approximate surface area is 141 Å². The maximum atomic E-state index is 8.63. The second-order valence-corrected chi connectivity index (χ2v) is 6.88. The van der Waals surface area contributed by atoms with Crippen molar-refractivity contribution in [3.05, 3.63) is 35.4 Å². The number of unbranched alkanes of at least 4 members (excludes halogenated alkanes) is 4. The molecule has 0 saturated heterocycles. The third-order valence-electron chi connectivity index (χ3n) is 3.54. The van der Waals surface area contributed by atoms with E-state index in [9.17, 15) is 0 Å². The molecule has 0 heterocycles. The molecular formula is C17H31NO4S. The summed E-state index contributed by atoms with van der Waals surface area (Å²) in [6.07, 6.45) is 6.91. The van der Waals surface area contributed by atoms with E-state index in [1.54, 1.807) is 0 Å². The number of benzene rings is 1. The van der Waals surface area contributed by atoms with Crippen LogP contribution in [0.4, 0.5) is 0 Å². The molecule has 0 fully saturated rings. The molecule has 0 aliphatic carbocycles. The lowest BCUT2D eigenvalue weighted by Crippen LogP contribution is -2.82. The molecule has 0 amide bonds. The normalized spacial score (nSPS) is 11.2. The van der Waals surface area contributed by atoms with E-state index in [0.29, 0.717) is 5.92 Å². The lowest BCUT2D eigenvalue weighted by molar-refractivity contribution is -0.671. The fourth-order valence-electron chi connectivity index (χ4n) is 2.20. The van der Waals surface area contributed by atoms with Crippen molar-refractivity contribution in [2.75, 3.05) is 6.54 Å². The largest absolute Gasteiger partial charge is 0.726 e. The maximum Gasteiger partial charge on any atom is 0.215 e. The highest BCUT2D eigenvalue weighted by molar-refractivity contribution is 7.79. The molecule has 23 heavy (non-hydrogen) atoms. The number of rotatable bonds is 9. The highest BCUT2D eigenvalue weighted by Gasteiger charge is 2.00. The summed E-state index contributed by atoms with van der Waals surface area (Å²) in [5, 5.41) is 2.44. The van der Waals surface area contributed by atoms with Crippen molar-refractivity contribution in [1.29, 1.82) is 0 Å². The molecule has 0 aliphatic heterocycles. The number of hydrogen-bond donors (Lipinski definition) is 2. The molecule has 0 aliphatic rings. The first-order valence-electron chi connectivity index (χ1n) is 8.32. The summed E-state index contributed by atoms with van der Waals surface area (Å²) in [7, 11) is -4.92. The van der Waals surface area contributed by atoms with Crippen LogP contribution in [-0.2, 0) is 16.9 Å². The van der Waals surface area contributed by atoms with E-state index in [0.717, 1.165) is 6.54 Å². The Bertz CT molecular complexity index is 490. The topological polar surface area (TPSA) is 94.0 Å². The van der Waals surface area contributed by atoms with Gasteiger partial charge in [0.1, 0.15) is 6.54 Å². The molecule has 1 aromatic carbocycles. The van der Waals surface area contributed by atoms with Crippen LogP contribution in [0.2, 0.25) is 0 Å². The van der Waals surface area contributed by atoms with E-state index >= 15 is 0 Å². The Kier molecular flexibility index (Phi) is 12.0. The Balaban J connectivity index is 0.000000841. The van der Waals surface area contributed by atoms with Crippen molar-refractivity contribution >= 4 is 10.4 Å². The Morgan fingerprint density at radius 3 is 2.09 bits per heavy atom. The van der Waals surface area contributed by atoms with Gasteiger partial charge < -0.3 is 9.87 Å². The van der Waals surface area contributed by atoms with E-state index in [1.807, 2.05) is 0 Å². The van der Waals surface area contributed by atoms with Crippen LogP contribution in [0.25, 0.3) is 0 Å². The fraction of sp³-hybridized carbons (Fsp3) is 0.647. The van der Waals surface area contributed by atoms with Gasteiger partial charge in [0.25, 0.3) is 0 Å². The SMILES string of the molecule is CCCCCCC[NH2+]Cc1ccc(C(C)C)cc1.O=S(=O)([O-])O. The molecule has 134 valence electrons. The average molecular weight is 346 g/mol.